The molecule has 0 aliphatic carbocycles. The number of hydrogen-bond acceptors (Lipinski definition) is 9. The Bertz CT molecular complexity index is 982. The van der Waals surface area contributed by atoms with E-state index in [9.17, 15) is 22.4 Å². The highest BCUT2D eigenvalue weighted by molar-refractivity contribution is 8.01. The minimum atomic E-state index is -4.14. The number of nitrogens with one attached hydrogen (secondary N) is 1. The van der Waals surface area contributed by atoms with Gasteiger partial charge in [0, 0.05) is 14.1 Å². The first-order valence-corrected chi connectivity index (χ1v) is 11.1. The lowest BCUT2D eigenvalue weighted by atomic mass is 10.3. The van der Waals surface area contributed by atoms with Crippen molar-refractivity contribution in [2.45, 2.75) is 4.34 Å². The summed E-state index contributed by atoms with van der Waals surface area (Å²) in [7, 11) is -0.330. The van der Waals surface area contributed by atoms with Gasteiger partial charge in [-0.1, -0.05) is 35.2 Å². The molecule has 158 valence electrons. The molecule has 29 heavy (non-hydrogen) atoms. The second-order valence-corrected chi connectivity index (χ2v) is 9.80. The molecule has 0 unspecified atom stereocenters. The van der Waals surface area contributed by atoms with Crippen molar-refractivity contribution in [1.82, 2.24) is 14.5 Å². The molecule has 2 aromatic rings. The molecule has 0 aliphatic rings. The number of esters is 1. The third-order valence-corrected chi connectivity index (χ3v) is 7.09. The Balaban J connectivity index is 2.14. The van der Waals surface area contributed by atoms with Gasteiger partial charge in [0.2, 0.25) is 11.0 Å². The Morgan fingerprint density at radius 1 is 1.28 bits per heavy atom. The van der Waals surface area contributed by atoms with Crippen LogP contribution in [-0.4, -0.2) is 68.3 Å². The number of halogens is 1. The van der Waals surface area contributed by atoms with Gasteiger partial charge in [-0.05, 0) is 12.1 Å². The summed E-state index contributed by atoms with van der Waals surface area (Å²) in [5.74, 6) is -1.94. The highest BCUT2D eigenvalue weighted by atomic mass is 32.2. The number of rotatable bonds is 9. The number of hydrogen-bond donors (Lipinski definition) is 1. The van der Waals surface area contributed by atoms with Crippen LogP contribution in [-0.2, 0) is 24.5 Å². The Hall–Kier alpha value is -2.29. The summed E-state index contributed by atoms with van der Waals surface area (Å²) in [5.41, 5.74) is -0.261. The zero-order valence-electron chi connectivity index (χ0n) is 15.7. The Kier molecular flexibility index (Phi) is 7.89. The van der Waals surface area contributed by atoms with E-state index in [2.05, 4.69) is 20.3 Å². The van der Waals surface area contributed by atoms with Crippen LogP contribution in [0, 0.1) is 5.82 Å². The highest BCUT2D eigenvalue weighted by Crippen LogP contribution is 2.26. The number of methoxy groups -OCH3 is 1. The number of thioether (sulfide) groups is 1. The molecule has 0 saturated heterocycles. The van der Waals surface area contributed by atoms with Crippen LogP contribution in [0.1, 0.15) is 0 Å². The maximum atomic E-state index is 14.2. The quantitative estimate of drug-likeness (QED) is 0.334. The first kappa shape index (κ1) is 23.0. The third kappa shape index (κ3) is 6.09. The summed E-state index contributed by atoms with van der Waals surface area (Å²) in [6.07, 6.45) is 0. The van der Waals surface area contributed by atoms with Gasteiger partial charge in [-0.25, -0.2) is 8.70 Å². The summed E-state index contributed by atoms with van der Waals surface area (Å²) < 4.78 is 45.8. The average molecular weight is 464 g/mol. The molecular weight excluding hydrogens is 445 g/mol. The number of amides is 1. The summed E-state index contributed by atoms with van der Waals surface area (Å²) >= 11 is 2.08. The number of para-hydroxylation sites is 1. The van der Waals surface area contributed by atoms with E-state index in [4.69, 9.17) is 0 Å². The van der Waals surface area contributed by atoms with Gasteiger partial charge in [0.25, 0.3) is 0 Å². The lowest BCUT2D eigenvalue weighted by Crippen LogP contribution is -2.44. The van der Waals surface area contributed by atoms with Crippen LogP contribution in [0.5, 0.6) is 0 Å². The Labute approximate surface area is 175 Å². The van der Waals surface area contributed by atoms with E-state index < -0.39 is 34.4 Å². The number of nitrogens with zero attached hydrogens (tertiary/aromatic N) is 4. The van der Waals surface area contributed by atoms with Crippen molar-refractivity contribution in [1.29, 1.82) is 0 Å². The zero-order chi connectivity index (χ0) is 21.6. The predicted molar refractivity (Wildman–Crippen MR) is 108 cm³/mol. The first-order valence-electron chi connectivity index (χ1n) is 7.93. The van der Waals surface area contributed by atoms with Gasteiger partial charge in [0.1, 0.15) is 12.4 Å². The van der Waals surface area contributed by atoms with Crippen LogP contribution >= 0.6 is 23.1 Å². The fraction of sp³-hybridized carbons (Fsp3) is 0.333. The summed E-state index contributed by atoms with van der Waals surface area (Å²) in [5, 5.41) is 10.1. The highest BCUT2D eigenvalue weighted by Gasteiger charge is 2.29. The van der Waals surface area contributed by atoms with Crippen LogP contribution in [0.3, 0.4) is 0 Å². The van der Waals surface area contributed by atoms with Crippen molar-refractivity contribution in [3.63, 3.8) is 0 Å². The lowest BCUT2D eigenvalue weighted by molar-refractivity contribution is -0.137. The molecule has 14 heteroatoms. The molecule has 0 saturated carbocycles. The summed E-state index contributed by atoms with van der Waals surface area (Å²) in [4.78, 5) is 23.5. The largest absolute Gasteiger partial charge is 0.468 e. The molecule has 10 nitrogen and oxygen atoms in total. The summed E-state index contributed by atoms with van der Waals surface area (Å²) in [6, 6.07) is 5.23. The molecule has 1 N–H and O–H groups in total. The van der Waals surface area contributed by atoms with E-state index in [1.54, 1.807) is 0 Å². The average Bonchev–Trinajstić information content (AvgIpc) is 3.11. The minimum Gasteiger partial charge on any atom is -0.468 e. The molecule has 1 aromatic carbocycles. The van der Waals surface area contributed by atoms with Gasteiger partial charge in [-0.3, -0.25) is 14.9 Å². The zero-order valence-corrected chi connectivity index (χ0v) is 18.1. The fourth-order valence-electron chi connectivity index (χ4n) is 1.93. The molecule has 1 heterocycles. The van der Waals surface area contributed by atoms with Crippen molar-refractivity contribution in [2.24, 2.45) is 0 Å². The second kappa shape index (κ2) is 9.96. The molecule has 1 aromatic heterocycles. The molecule has 0 bridgehead atoms. The van der Waals surface area contributed by atoms with Crippen LogP contribution in [0.25, 0.3) is 0 Å². The topological polar surface area (TPSA) is 122 Å². The van der Waals surface area contributed by atoms with Crippen molar-refractivity contribution in [2.75, 3.05) is 43.1 Å². The van der Waals surface area contributed by atoms with Gasteiger partial charge < -0.3 is 4.74 Å². The molecule has 2 rings (SSSR count). The number of anilines is 2. The molecule has 0 aliphatic heterocycles. The van der Waals surface area contributed by atoms with Crippen molar-refractivity contribution in [3.05, 3.63) is 30.1 Å². The van der Waals surface area contributed by atoms with E-state index >= 15 is 0 Å². The standard InChI is InChI=1S/C15H18FN5O5S3/c1-20(2)29(24,25)21(11-7-5-4-6-10(11)16)8-12(22)17-14-18-19-15(28-14)27-9-13(23)26-3/h4-7H,8-9H2,1-3H3,(H,17,18,22). The van der Waals surface area contributed by atoms with E-state index in [1.807, 2.05) is 0 Å². The second-order valence-electron chi connectivity index (χ2n) is 5.53. The monoisotopic (exact) mass is 463 g/mol. The van der Waals surface area contributed by atoms with Gasteiger partial charge in [0.05, 0.1) is 18.6 Å². The molecule has 0 atom stereocenters. The Morgan fingerprint density at radius 2 is 1.97 bits per heavy atom. The minimum absolute atomic E-state index is 0.0290. The number of carbonyl (C=O) groups excluding carboxylic acids is 2. The molecular formula is C15H18FN5O5S3. The van der Waals surface area contributed by atoms with Crippen LogP contribution in [0.15, 0.2) is 28.6 Å². The number of aromatic nitrogens is 2. The summed E-state index contributed by atoms with van der Waals surface area (Å²) in [6.45, 7) is -0.675. The van der Waals surface area contributed by atoms with E-state index in [0.717, 1.165) is 33.5 Å². The SMILES string of the molecule is COC(=O)CSc1nnc(NC(=O)CN(c2ccccc2F)S(=O)(=O)N(C)C)s1. The van der Waals surface area contributed by atoms with Crippen LogP contribution in [0.4, 0.5) is 15.2 Å². The number of benzene rings is 1. The maximum absolute atomic E-state index is 14.2. The van der Waals surface area contributed by atoms with Crippen molar-refractivity contribution in [3.8, 4) is 0 Å². The van der Waals surface area contributed by atoms with E-state index in [1.165, 1.54) is 39.4 Å². The molecule has 0 fully saturated rings. The first-order chi connectivity index (χ1) is 13.6. The van der Waals surface area contributed by atoms with E-state index in [0.29, 0.717) is 8.64 Å². The van der Waals surface area contributed by atoms with E-state index in [-0.39, 0.29) is 16.6 Å². The van der Waals surface area contributed by atoms with Gasteiger partial charge >= 0.3 is 16.2 Å². The van der Waals surface area contributed by atoms with Crippen LogP contribution < -0.4 is 9.62 Å². The fourth-order valence-corrected chi connectivity index (χ4v) is 4.60. The van der Waals surface area contributed by atoms with Crippen molar-refractivity contribution >= 4 is 56.0 Å². The Morgan fingerprint density at radius 3 is 2.59 bits per heavy atom. The molecule has 0 radical (unpaired) electrons. The predicted octanol–water partition coefficient (Wildman–Crippen LogP) is 1.19. The number of ether oxygens (including phenoxy) is 1. The molecule has 0 spiro atoms. The van der Waals surface area contributed by atoms with Crippen LogP contribution in [0.2, 0.25) is 0 Å². The lowest BCUT2D eigenvalue weighted by Gasteiger charge is -2.26. The van der Waals surface area contributed by atoms with Gasteiger partial charge in [-0.15, -0.1) is 10.2 Å². The normalized spacial score (nSPS) is 11.3. The third-order valence-electron chi connectivity index (χ3n) is 3.34. The maximum Gasteiger partial charge on any atom is 0.316 e. The van der Waals surface area contributed by atoms with Gasteiger partial charge in [-0.2, -0.15) is 12.7 Å². The number of carbonyl (C=O) groups is 2. The van der Waals surface area contributed by atoms with Gasteiger partial charge in [0.15, 0.2) is 4.34 Å². The smallest absolute Gasteiger partial charge is 0.316 e. The molecule has 1 amide bonds. The van der Waals surface area contributed by atoms with Crippen molar-refractivity contribution < 1.29 is 27.1 Å².